The molecule has 0 saturated carbocycles. The summed E-state index contributed by atoms with van der Waals surface area (Å²) in [6, 6.07) is 13.8. The van der Waals surface area contributed by atoms with E-state index in [1.165, 1.54) is 5.56 Å². The molecule has 0 bridgehead atoms. The molecule has 2 aromatic carbocycles. The number of aryl methyl sites for hydroxylation is 1. The fraction of sp³-hybridized carbons (Fsp3) is 0.188. The highest BCUT2D eigenvalue weighted by atomic mass is 35.5. The minimum atomic E-state index is 0.00457. The van der Waals surface area contributed by atoms with Crippen LogP contribution < -0.4 is 10.6 Å². The average Bonchev–Trinajstić information content (AvgIpc) is 2.49. The number of oxime groups is 1. The number of rotatable bonds is 4. The molecule has 5 heteroatoms. The number of benzene rings is 2. The van der Waals surface area contributed by atoms with Crippen LogP contribution in [0.15, 0.2) is 47.6 Å². The second kappa shape index (κ2) is 6.50. The van der Waals surface area contributed by atoms with Gasteiger partial charge in [0.1, 0.15) is 0 Å². The van der Waals surface area contributed by atoms with Crippen LogP contribution in [0.25, 0.3) is 0 Å². The van der Waals surface area contributed by atoms with Crippen LogP contribution in [0.2, 0.25) is 5.02 Å². The van der Waals surface area contributed by atoms with E-state index in [0.717, 1.165) is 17.9 Å². The highest BCUT2D eigenvalue weighted by molar-refractivity contribution is 6.34. The largest absolute Gasteiger partial charge is 0.409 e. The van der Waals surface area contributed by atoms with E-state index in [9.17, 15) is 0 Å². The minimum Gasteiger partial charge on any atom is -0.409 e. The summed E-state index contributed by atoms with van der Waals surface area (Å²) in [7, 11) is 0. The van der Waals surface area contributed by atoms with E-state index in [0.29, 0.717) is 10.6 Å². The molecule has 2 rings (SSSR count). The lowest BCUT2D eigenvalue weighted by atomic mass is 10.1. The van der Waals surface area contributed by atoms with E-state index in [-0.39, 0.29) is 5.84 Å². The maximum absolute atomic E-state index is 8.74. The van der Waals surface area contributed by atoms with Gasteiger partial charge in [0.15, 0.2) is 5.84 Å². The van der Waals surface area contributed by atoms with Gasteiger partial charge < -0.3 is 15.8 Å². The molecule has 4 nitrogen and oxygen atoms in total. The summed E-state index contributed by atoms with van der Waals surface area (Å²) in [5.74, 6) is 0.00457. The lowest BCUT2D eigenvalue weighted by Gasteiger charge is -2.24. The number of hydrogen-bond acceptors (Lipinski definition) is 3. The smallest absolute Gasteiger partial charge is 0.171 e. The Balaban J connectivity index is 2.39. The van der Waals surface area contributed by atoms with Crippen LogP contribution in [-0.4, -0.2) is 17.6 Å². The average molecular weight is 304 g/mol. The standard InChI is InChI=1S/C16H18ClN3O/c1-3-20(12-6-4-11(2)5-7-12)13-8-9-14(15(17)10-13)16(18)19-21/h4-10,21H,3H2,1-2H3,(H2,18,19). The molecule has 0 saturated heterocycles. The Morgan fingerprint density at radius 2 is 1.81 bits per heavy atom. The van der Waals surface area contributed by atoms with Crippen LogP contribution in [0.3, 0.4) is 0 Å². The van der Waals surface area contributed by atoms with Gasteiger partial charge in [0.25, 0.3) is 0 Å². The van der Waals surface area contributed by atoms with Crippen LogP contribution in [0.1, 0.15) is 18.1 Å². The molecular formula is C16H18ClN3O. The Hall–Kier alpha value is -2.20. The Morgan fingerprint density at radius 3 is 2.33 bits per heavy atom. The van der Waals surface area contributed by atoms with Crippen molar-refractivity contribution in [1.82, 2.24) is 0 Å². The number of hydrogen-bond donors (Lipinski definition) is 2. The van der Waals surface area contributed by atoms with Crippen molar-refractivity contribution in [2.24, 2.45) is 10.9 Å². The summed E-state index contributed by atoms with van der Waals surface area (Å²) in [5, 5.41) is 12.2. The first-order valence-corrected chi connectivity index (χ1v) is 7.06. The molecule has 0 amide bonds. The predicted octanol–water partition coefficient (Wildman–Crippen LogP) is 3.90. The number of nitrogens with zero attached hydrogens (tertiary/aromatic N) is 2. The third kappa shape index (κ3) is 3.28. The van der Waals surface area contributed by atoms with Crippen molar-refractivity contribution >= 4 is 28.8 Å². The molecule has 21 heavy (non-hydrogen) atoms. The summed E-state index contributed by atoms with van der Waals surface area (Å²) in [6.45, 7) is 4.94. The first-order valence-electron chi connectivity index (χ1n) is 6.68. The third-order valence-corrected chi connectivity index (χ3v) is 3.62. The molecule has 2 aromatic rings. The Kier molecular flexibility index (Phi) is 4.70. The Labute approximate surface area is 129 Å². The minimum absolute atomic E-state index is 0.00457. The molecule has 0 spiro atoms. The number of nitrogens with two attached hydrogens (primary N) is 1. The SMILES string of the molecule is CCN(c1ccc(C)cc1)c1ccc(C(N)=NO)c(Cl)c1. The monoisotopic (exact) mass is 303 g/mol. The maximum atomic E-state index is 8.74. The van der Waals surface area contributed by atoms with E-state index in [1.54, 1.807) is 6.07 Å². The topological polar surface area (TPSA) is 61.8 Å². The normalized spacial score (nSPS) is 11.5. The zero-order valence-corrected chi connectivity index (χ0v) is 12.8. The molecule has 3 N–H and O–H groups in total. The summed E-state index contributed by atoms with van der Waals surface area (Å²) in [6.07, 6.45) is 0. The van der Waals surface area contributed by atoms with Gasteiger partial charge in [0.2, 0.25) is 0 Å². The molecule has 0 aliphatic carbocycles. The van der Waals surface area contributed by atoms with Gasteiger partial charge in [-0.2, -0.15) is 0 Å². The lowest BCUT2D eigenvalue weighted by Crippen LogP contribution is -2.17. The van der Waals surface area contributed by atoms with E-state index >= 15 is 0 Å². The van der Waals surface area contributed by atoms with Crippen LogP contribution in [0, 0.1) is 6.92 Å². The zero-order valence-electron chi connectivity index (χ0n) is 12.0. The third-order valence-electron chi connectivity index (χ3n) is 3.31. The van der Waals surface area contributed by atoms with Crippen molar-refractivity contribution in [1.29, 1.82) is 0 Å². The Bertz CT molecular complexity index is 653. The first kappa shape index (κ1) is 15.2. The van der Waals surface area contributed by atoms with Gasteiger partial charge in [-0.3, -0.25) is 0 Å². The second-order valence-electron chi connectivity index (χ2n) is 4.73. The molecular weight excluding hydrogens is 286 g/mol. The van der Waals surface area contributed by atoms with Gasteiger partial charge in [-0.05, 0) is 44.2 Å². The van der Waals surface area contributed by atoms with Gasteiger partial charge in [-0.15, -0.1) is 0 Å². The lowest BCUT2D eigenvalue weighted by molar-refractivity contribution is 0.318. The van der Waals surface area contributed by atoms with Crippen molar-refractivity contribution in [2.75, 3.05) is 11.4 Å². The second-order valence-corrected chi connectivity index (χ2v) is 5.14. The number of amidine groups is 1. The predicted molar refractivity (Wildman–Crippen MR) is 87.8 cm³/mol. The highest BCUT2D eigenvalue weighted by Gasteiger charge is 2.11. The van der Waals surface area contributed by atoms with Gasteiger partial charge in [-0.1, -0.05) is 34.5 Å². The van der Waals surface area contributed by atoms with Gasteiger partial charge in [-0.25, -0.2) is 0 Å². The molecule has 0 unspecified atom stereocenters. The summed E-state index contributed by atoms with van der Waals surface area (Å²) in [5.41, 5.74) is 9.37. The molecule has 0 atom stereocenters. The Morgan fingerprint density at radius 1 is 1.19 bits per heavy atom. The maximum Gasteiger partial charge on any atom is 0.171 e. The first-order chi connectivity index (χ1) is 10.1. The molecule has 0 aromatic heterocycles. The van der Waals surface area contributed by atoms with Crippen LogP contribution in [-0.2, 0) is 0 Å². The van der Waals surface area contributed by atoms with E-state index in [1.807, 2.05) is 12.1 Å². The van der Waals surface area contributed by atoms with Gasteiger partial charge >= 0.3 is 0 Å². The fourth-order valence-corrected chi connectivity index (χ4v) is 2.44. The van der Waals surface area contributed by atoms with Gasteiger partial charge in [0.05, 0.1) is 5.02 Å². The molecule has 0 aliphatic rings. The molecule has 110 valence electrons. The zero-order chi connectivity index (χ0) is 15.4. The summed E-state index contributed by atoms with van der Waals surface area (Å²) >= 11 is 6.22. The summed E-state index contributed by atoms with van der Waals surface area (Å²) in [4.78, 5) is 2.14. The number of anilines is 2. The molecule has 0 fully saturated rings. The van der Waals surface area contributed by atoms with Crippen LogP contribution in [0.4, 0.5) is 11.4 Å². The molecule has 0 aliphatic heterocycles. The molecule has 0 radical (unpaired) electrons. The van der Waals surface area contributed by atoms with Crippen molar-refractivity contribution in [2.45, 2.75) is 13.8 Å². The van der Waals surface area contributed by atoms with Gasteiger partial charge in [0, 0.05) is 23.5 Å². The van der Waals surface area contributed by atoms with Crippen molar-refractivity contribution < 1.29 is 5.21 Å². The van der Waals surface area contributed by atoms with Crippen molar-refractivity contribution in [3.05, 3.63) is 58.6 Å². The highest BCUT2D eigenvalue weighted by Crippen LogP contribution is 2.29. The quantitative estimate of drug-likeness (QED) is 0.390. The van der Waals surface area contributed by atoms with E-state index < -0.39 is 0 Å². The van der Waals surface area contributed by atoms with Crippen LogP contribution >= 0.6 is 11.6 Å². The fourth-order valence-electron chi connectivity index (χ4n) is 2.17. The summed E-state index contributed by atoms with van der Waals surface area (Å²) < 4.78 is 0. The van der Waals surface area contributed by atoms with Crippen molar-refractivity contribution in [3.63, 3.8) is 0 Å². The van der Waals surface area contributed by atoms with Crippen LogP contribution in [0.5, 0.6) is 0 Å². The van der Waals surface area contributed by atoms with E-state index in [2.05, 4.69) is 48.2 Å². The molecule has 0 heterocycles. The number of halogens is 1. The van der Waals surface area contributed by atoms with E-state index in [4.69, 9.17) is 22.5 Å². The van der Waals surface area contributed by atoms with Crippen molar-refractivity contribution in [3.8, 4) is 0 Å².